The molecule has 2 aromatic rings. The van der Waals surface area contributed by atoms with Crippen molar-refractivity contribution in [2.75, 3.05) is 13.2 Å². The van der Waals surface area contributed by atoms with Gasteiger partial charge in [0.15, 0.2) is 0 Å². The predicted octanol–water partition coefficient (Wildman–Crippen LogP) is 4.57. The van der Waals surface area contributed by atoms with Crippen LogP contribution in [0, 0.1) is 0 Å². The zero-order chi connectivity index (χ0) is 18.4. The summed E-state index contributed by atoms with van der Waals surface area (Å²) in [7, 11) is 0. The molecule has 0 spiro atoms. The molecule has 134 valence electrons. The molecular formula is C22H23NO3. The molecule has 2 amide bonds. The van der Waals surface area contributed by atoms with Crippen molar-refractivity contribution in [3.63, 3.8) is 0 Å². The van der Waals surface area contributed by atoms with Crippen LogP contribution in [0.5, 0.6) is 5.75 Å². The van der Waals surface area contributed by atoms with E-state index in [0.29, 0.717) is 24.3 Å². The van der Waals surface area contributed by atoms with Gasteiger partial charge in [0.2, 0.25) is 0 Å². The van der Waals surface area contributed by atoms with E-state index in [1.165, 1.54) is 4.90 Å². The van der Waals surface area contributed by atoms with Crippen molar-refractivity contribution in [2.45, 2.75) is 25.7 Å². The molecule has 2 aromatic carbocycles. The van der Waals surface area contributed by atoms with E-state index in [-0.39, 0.29) is 11.8 Å². The van der Waals surface area contributed by atoms with Crippen molar-refractivity contribution in [3.8, 4) is 5.75 Å². The highest BCUT2D eigenvalue weighted by atomic mass is 16.5. The summed E-state index contributed by atoms with van der Waals surface area (Å²) in [6.45, 7) is 4.88. The average Bonchev–Trinajstić information content (AvgIpc) is 2.92. The first kappa shape index (κ1) is 17.9. The molecule has 4 heteroatoms. The van der Waals surface area contributed by atoms with Gasteiger partial charge in [-0.3, -0.25) is 14.5 Å². The van der Waals surface area contributed by atoms with Crippen molar-refractivity contribution in [1.82, 2.24) is 4.90 Å². The van der Waals surface area contributed by atoms with Crippen LogP contribution >= 0.6 is 0 Å². The number of rotatable bonds is 9. The van der Waals surface area contributed by atoms with Gasteiger partial charge in [0.1, 0.15) is 5.75 Å². The third-order valence-corrected chi connectivity index (χ3v) is 4.54. The van der Waals surface area contributed by atoms with Crippen LogP contribution in [0.4, 0.5) is 0 Å². The average molecular weight is 349 g/mol. The molecule has 0 fully saturated rings. The van der Waals surface area contributed by atoms with Gasteiger partial charge in [0.05, 0.1) is 17.7 Å². The molecule has 0 unspecified atom stereocenters. The fraction of sp³-hybridized carbons (Fsp3) is 0.273. The number of carbonyl (C=O) groups is 2. The molecule has 1 aliphatic rings. The number of fused-ring (bicyclic) bond motifs is 1. The third-order valence-electron chi connectivity index (χ3n) is 4.54. The van der Waals surface area contributed by atoms with Gasteiger partial charge < -0.3 is 4.74 Å². The molecule has 26 heavy (non-hydrogen) atoms. The fourth-order valence-electron chi connectivity index (χ4n) is 3.06. The van der Waals surface area contributed by atoms with Gasteiger partial charge in [-0.25, -0.2) is 0 Å². The van der Waals surface area contributed by atoms with E-state index in [2.05, 4.69) is 6.58 Å². The van der Waals surface area contributed by atoms with Gasteiger partial charge in [0.25, 0.3) is 11.8 Å². The second-order valence-corrected chi connectivity index (χ2v) is 6.34. The minimum absolute atomic E-state index is 0.170. The lowest BCUT2D eigenvalue weighted by molar-refractivity contribution is 0.0651. The first-order valence-corrected chi connectivity index (χ1v) is 9.01. The van der Waals surface area contributed by atoms with Crippen molar-refractivity contribution >= 4 is 17.9 Å². The van der Waals surface area contributed by atoms with E-state index in [4.69, 9.17) is 4.74 Å². The minimum Gasteiger partial charge on any atom is -0.494 e. The molecule has 0 radical (unpaired) electrons. The zero-order valence-corrected chi connectivity index (χ0v) is 14.8. The van der Waals surface area contributed by atoms with Gasteiger partial charge in [-0.05, 0) is 42.7 Å². The van der Waals surface area contributed by atoms with E-state index in [1.54, 1.807) is 30.3 Å². The number of nitrogens with zero attached hydrogens (tertiary/aromatic N) is 1. The SMILES string of the molecule is C=Cc1ccc(OCCCCCCN2C(=O)c3ccccc3C2=O)cc1. The summed E-state index contributed by atoms with van der Waals surface area (Å²) in [6.07, 6.45) is 5.54. The molecule has 4 nitrogen and oxygen atoms in total. The number of ether oxygens (including phenoxy) is 1. The van der Waals surface area contributed by atoms with E-state index >= 15 is 0 Å². The van der Waals surface area contributed by atoms with Gasteiger partial charge >= 0.3 is 0 Å². The number of benzene rings is 2. The number of unbranched alkanes of at least 4 members (excludes halogenated alkanes) is 3. The Labute approximate surface area is 154 Å². The Morgan fingerprint density at radius 3 is 2.08 bits per heavy atom. The molecule has 0 aliphatic carbocycles. The van der Waals surface area contributed by atoms with Crippen LogP contribution in [-0.4, -0.2) is 29.9 Å². The first-order valence-electron chi connectivity index (χ1n) is 9.01. The first-order chi connectivity index (χ1) is 12.7. The maximum atomic E-state index is 12.3. The quantitative estimate of drug-likeness (QED) is 0.492. The van der Waals surface area contributed by atoms with Crippen molar-refractivity contribution in [2.24, 2.45) is 0 Å². The fourth-order valence-corrected chi connectivity index (χ4v) is 3.06. The lowest BCUT2D eigenvalue weighted by Crippen LogP contribution is -2.30. The maximum Gasteiger partial charge on any atom is 0.261 e. The molecule has 0 atom stereocenters. The summed E-state index contributed by atoms with van der Waals surface area (Å²) in [5, 5.41) is 0. The monoisotopic (exact) mass is 349 g/mol. The number of imide groups is 1. The molecule has 3 rings (SSSR count). The van der Waals surface area contributed by atoms with E-state index in [9.17, 15) is 9.59 Å². The second kappa shape index (κ2) is 8.48. The summed E-state index contributed by atoms with van der Waals surface area (Å²) in [6, 6.07) is 14.9. The standard InChI is InChI=1S/C22H23NO3/c1-2-17-11-13-18(14-12-17)26-16-8-4-3-7-15-23-21(24)19-9-5-6-10-20(19)22(23)25/h2,5-6,9-14H,1,3-4,7-8,15-16H2. The Hall–Kier alpha value is -2.88. The molecular weight excluding hydrogens is 326 g/mol. The van der Waals surface area contributed by atoms with Gasteiger partial charge in [-0.1, -0.05) is 49.8 Å². The van der Waals surface area contributed by atoms with Crippen LogP contribution in [0.1, 0.15) is 52.0 Å². The summed E-state index contributed by atoms with van der Waals surface area (Å²) in [4.78, 5) is 25.9. The highest BCUT2D eigenvalue weighted by Gasteiger charge is 2.34. The summed E-state index contributed by atoms with van der Waals surface area (Å²) < 4.78 is 5.71. The molecule has 0 saturated carbocycles. The Kier molecular flexibility index (Phi) is 5.84. The Balaban J connectivity index is 1.33. The lowest BCUT2D eigenvalue weighted by atomic mass is 10.1. The van der Waals surface area contributed by atoms with Crippen LogP contribution in [0.25, 0.3) is 6.08 Å². The Bertz CT molecular complexity index is 760. The number of hydrogen-bond acceptors (Lipinski definition) is 3. The van der Waals surface area contributed by atoms with Crippen molar-refractivity contribution in [3.05, 3.63) is 71.8 Å². The molecule has 0 bridgehead atoms. The topological polar surface area (TPSA) is 46.6 Å². The van der Waals surface area contributed by atoms with Gasteiger partial charge in [-0.15, -0.1) is 0 Å². The molecule has 1 heterocycles. The number of hydrogen-bond donors (Lipinski definition) is 0. The highest BCUT2D eigenvalue weighted by Crippen LogP contribution is 2.22. The molecule has 0 N–H and O–H groups in total. The van der Waals surface area contributed by atoms with Crippen LogP contribution in [0.3, 0.4) is 0 Å². The van der Waals surface area contributed by atoms with Crippen LogP contribution in [-0.2, 0) is 0 Å². The second-order valence-electron chi connectivity index (χ2n) is 6.34. The van der Waals surface area contributed by atoms with Crippen LogP contribution in [0.2, 0.25) is 0 Å². The van der Waals surface area contributed by atoms with E-state index < -0.39 is 0 Å². The maximum absolute atomic E-state index is 12.3. The van der Waals surface area contributed by atoms with Crippen LogP contribution in [0.15, 0.2) is 55.1 Å². The Morgan fingerprint density at radius 2 is 1.46 bits per heavy atom. The zero-order valence-electron chi connectivity index (χ0n) is 14.8. The van der Waals surface area contributed by atoms with E-state index in [0.717, 1.165) is 37.0 Å². The predicted molar refractivity (Wildman–Crippen MR) is 102 cm³/mol. The van der Waals surface area contributed by atoms with Gasteiger partial charge in [-0.2, -0.15) is 0 Å². The van der Waals surface area contributed by atoms with E-state index in [1.807, 2.05) is 24.3 Å². The molecule has 0 aromatic heterocycles. The van der Waals surface area contributed by atoms with Crippen molar-refractivity contribution in [1.29, 1.82) is 0 Å². The smallest absolute Gasteiger partial charge is 0.261 e. The third kappa shape index (κ3) is 4.02. The summed E-state index contributed by atoms with van der Waals surface area (Å²) >= 11 is 0. The van der Waals surface area contributed by atoms with Crippen molar-refractivity contribution < 1.29 is 14.3 Å². The Morgan fingerprint density at radius 1 is 0.846 bits per heavy atom. The normalized spacial score (nSPS) is 13.0. The highest BCUT2D eigenvalue weighted by molar-refractivity contribution is 6.21. The van der Waals surface area contributed by atoms with Crippen LogP contribution < -0.4 is 4.74 Å². The minimum atomic E-state index is -0.170. The number of carbonyl (C=O) groups excluding carboxylic acids is 2. The largest absolute Gasteiger partial charge is 0.494 e. The summed E-state index contributed by atoms with van der Waals surface area (Å²) in [5.41, 5.74) is 2.12. The number of amides is 2. The lowest BCUT2D eigenvalue weighted by Gasteiger charge is -2.13. The molecule has 0 saturated heterocycles. The van der Waals surface area contributed by atoms with Gasteiger partial charge in [0, 0.05) is 6.54 Å². The summed E-state index contributed by atoms with van der Waals surface area (Å²) in [5.74, 6) is 0.524. The molecule has 1 aliphatic heterocycles.